The summed E-state index contributed by atoms with van der Waals surface area (Å²) in [5.74, 6) is -0.626. The van der Waals surface area contributed by atoms with E-state index in [-0.39, 0.29) is 17.8 Å². The summed E-state index contributed by atoms with van der Waals surface area (Å²) in [6.45, 7) is 1.45. The fourth-order valence-corrected chi connectivity index (χ4v) is 2.56. The van der Waals surface area contributed by atoms with Gasteiger partial charge in [-0.1, -0.05) is 0 Å². The van der Waals surface area contributed by atoms with Gasteiger partial charge in [-0.15, -0.1) is 5.10 Å². The monoisotopic (exact) mass is 406 g/mol. The van der Waals surface area contributed by atoms with Crippen molar-refractivity contribution >= 4 is 27.5 Å². The fraction of sp³-hybridized carbons (Fsp3) is 0.133. The number of halogens is 2. The van der Waals surface area contributed by atoms with Crippen LogP contribution in [0, 0.1) is 12.7 Å². The van der Waals surface area contributed by atoms with Crippen molar-refractivity contribution < 1.29 is 9.18 Å². The molecule has 3 rings (SSSR count). The Balaban J connectivity index is 1.82. The molecule has 1 N–H and O–H groups in total. The molecule has 0 fully saturated rings. The number of tetrazole rings is 1. The molecular weight excluding hydrogens is 395 g/mol. The minimum atomic E-state index is -0.607. The van der Waals surface area contributed by atoms with E-state index < -0.39 is 11.7 Å². The molecule has 0 radical (unpaired) electrons. The summed E-state index contributed by atoms with van der Waals surface area (Å²) in [4.78, 5) is 23.9. The van der Waals surface area contributed by atoms with Gasteiger partial charge in [0.1, 0.15) is 12.4 Å². The first-order chi connectivity index (χ1) is 11.9. The first-order valence-corrected chi connectivity index (χ1v) is 7.94. The zero-order valence-corrected chi connectivity index (χ0v) is 14.6. The van der Waals surface area contributed by atoms with Gasteiger partial charge in [-0.2, -0.15) is 4.68 Å². The number of rotatable bonds is 4. The molecule has 128 valence electrons. The van der Waals surface area contributed by atoms with Gasteiger partial charge in [0.2, 0.25) is 5.91 Å². The van der Waals surface area contributed by atoms with Crippen LogP contribution in [0.3, 0.4) is 0 Å². The maximum Gasteiger partial charge on any atom is 0.251 e. The maximum absolute atomic E-state index is 14.0. The number of amides is 1. The van der Waals surface area contributed by atoms with Crippen molar-refractivity contribution in [2.24, 2.45) is 0 Å². The molecule has 0 unspecified atom stereocenters. The van der Waals surface area contributed by atoms with Crippen LogP contribution in [0.1, 0.15) is 5.82 Å². The molecule has 25 heavy (non-hydrogen) atoms. The standard InChI is InChI=1S/C15H12BrFN6O2/c1-9-19-20-21-23(9)11-3-4-12(17)13(6-11)18-14(24)8-22-7-10(16)2-5-15(22)25/h2-7H,8H2,1H3,(H,18,24). The Labute approximate surface area is 149 Å². The number of carbonyl (C=O) groups excluding carboxylic acids is 1. The van der Waals surface area contributed by atoms with Gasteiger partial charge < -0.3 is 9.88 Å². The second-order valence-corrected chi connectivity index (χ2v) is 6.08. The molecule has 0 aliphatic rings. The summed E-state index contributed by atoms with van der Waals surface area (Å²) >= 11 is 3.23. The lowest BCUT2D eigenvalue weighted by Gasteiger charge is -2.10. The van der Waals surface area contributed by atoms with Crippen LogP contribution in [-0.4, -0.2) is 30.7 Å². The van der Waals surface area contributed by atoms with Crippen LogP contribution in [0.25, 0.3) is 5.69 Å². The number of carbonyl (C=O) groups is 1. The summed E-state index contributed by atoms with van der Waals surface area (Å²) in [5, 5.41) is 13.5. The van der Waals surface area contributed by atoms with Gasteiger partial charge in [0.15, 0.2) is 5.82 Å². The highest BCUT2D eigenvalue weighted by Crippen LogP contribution is 2.19. The van der Waals surface area contributed by atoms with Gasteiger partial charge in [-0.05, 0) is 57.5 Å². The third kappa shape index (κ3) is 3.79. The second-order valence-electron chi connectivity index (χ2n) is 5.16. The summed E-state index contributed by atoms with van der Waals surface area (Å²) < 4.78 is 17.3. The molecule has 0 aliphatic heterocycles. The number of hydrogen-bond acceptors (Lipinski definition) is 5. The summed E-state index contributed by atoms with van der Waals surface area (Å²) in [6, 6.07) is 7.03. The summed E-state index contributed by atoms with van der Waals surface area (Å²) in [7, 11) is 0. The van der Waals surface area contributed by atoms with Crippen molar-refractivity contribution in [2.75, 3.05) is 5.32 Å². The van der Waals surface area contributed by atoms with Gasteiger partial charge >= 0.3 is 0 Å². The number of nitrogens with zero attached hydrogens (tertiary/aromatic N) is 5. The Morgan fingerprint density at radius 3 is 2.84 bits per heavy atom. The Bertz CT molecular complexity index is 1000. The van der Waals surface area contributed by atoms with Crippen LogP contribution < -0.4 is 10.9 Å². The number of nitrogens with one attached hydrogen (secondary N) is 1. The molecule has 0 saturated heterocycles. The second kappa shape index (κ2) is 6.93. The van der Waals surface area contributed by atoms with Gasteiger partial charge in [-0.3, -0.25) is 9.59 Å². The third-order valence-corrected chi connectivity index (χ3v) is 3.82. The third-order valence-electron chi connectivity index (χ3n) is 3.36. The lowest BCUT2D eigenvalue weighted by Crippen LogP contribution is -2.27. The highest BCUT2D eigenvalue weighted by Gasteiger charge is 2.12. The predicted octanol–water partition coefficient (Wildman–Crippen LogP) is 1.67. The van der Waals surface area contributed by atoms with Gasteiger partial charge in [0.05, 0.1) is 11.4 Å². The molecule has 0 bridgehead atoms. The van der Waals surface area contributed by atoms with Crippen LogP contribution in [0.2, 0.25) is 0 Å². The zero-order valence-electron chi connectivity index (χ0n) is 13.0. The smallest absolute Gasteiger partial charge is 0.251 e. The molecular formula is C15H12BrFN6O2. The first-order valence-electron chi connectivity index (χ1n) is 7.15. The number of aryl methyl sites for hydroxylation is 1. The fourth-order valence-electron chi connectivity index (χ4n) is 2.18. The SMILES string of the molecule is Cc1nnnn1-c1ccc(F)c(NC(=O)Cn2cc(Br)ccc2=O)c1. The highest BCUT2D eigenvalue weighted by molar-refractivity contribution is 9.10. The molecule has 2 heterocycles. The van der Waals surface area contributed by atoms with Crippen molar-refractivity contribution in [1.82, 2.24) is 24.8 Å². The van der Waals surface area contributed by atoms with E-state index in [1.165, 1.54) is 39.7 Å². The van der Waals surface area contributed by atoms with Crippen molar-refractivity contribution in [3.63, 3.8) is 0 Å². The van der Waals surface area contributed by atoms with E-state index in [9.17, 15) is 14.0 Å². The molecule has 3 aromatic rings. The average molecular weight is 407 g/mol. The number of anilines is 1. The number of benzene rings is 1. The average Bonchev–Trinajstić information content (AvgIpc) is 2.99. The predicted molar refractivity (Wildman–Crippen MR) is 90.9 cm³/mol. The molecule has 8 nitrogen and oxygen atoms in total. The molecule has 0 aliphatic carbocycles. The highest BCUT2D eigenvalue weighted by atomic mass is 79.9. The summed E-state index contributed by atoms with van der Waals surface area (Å²) in [5.41, 5.74) is 0.135. The largest absolute Gasteiger partial charge is 0.322 e. The molecule has 10 heteroatoms. The maximum atomic E-state index is 14.0. The first kappa shape index (κ1) is 17.0. The molecule has 0 spiro atoms. The van der Waals surface area contributed by atoms with E-state index in [0.717, 1.165) is 0 Å². The van der Waals surface area contributed by atoms with E-state index in [1.54, 1.807) is 13.0 Å². The van der Waals surface area contributed by atoms with Crippen molar-refractivity contribution in [3.8, 4) is 5.69 Å². The van der Waals surface area contributed by atoms with Crippen LogP contribution in [0.5, 0.6) is 0 Å². The van der Waals surface area contributed by atoms with Crippen LogP contribution >= 0.6 is 15.9 Å². The van der Waals surface area contributed by atoms with Crippen LogP contribution in [-0.2, 0) is 11.3 Å². The summed E-state index contributed by atoms with van der Waals surface area (Å²) in [6.07, 6.45) is 1.49. The van der Waals surface area contributed by atoms with E-state index in [2.05, 4.69) is 36.8 Å². The Morgan fingerprint density at radius 1 is 1.32 bits per heavy atom. The molecule has 1 aromatic carbocycles. The van der Waals surface area contributed by atoms with Crippen molar-refractivity contribution in [3.05, 3.63) is 63.0 Å². The Kier molecular flexibility index (Phi) is 4.70. The topological polar surface area (TPSA) is 94.7 Å². The van der Waals surface area contributed by atoms with E-state index >= 15 is 0 Å². The molecule has 1 amide bonds. The normalized spacial score (nSPS) is 10.7. The van der Waals surface area contributed by atoms with Crippen LogP contribution in [0.15, 0.2) is 45.8 Å². The lowest BCUT2D eigenvalue weighted by atomic mass is 10.2. The van der Waals surface area contributed by atoms with Crippen molar-refractivity contribution in [2.45, 2.75) is 13.5 Å². The number of pyridine rings is 1. The van der Waals surface area contributed by atoms with Gasteiger partial charge in [-0.25, -0.2) is 4.39 Å². The van der Waals surface area contributed by atoms with E-state index in [0.29, 0.717) is 16.0 Å². The number of hydrogen-bond donors (Lipinski definition) is 1. The molecule has 0 saturated carbocycles. The van der Waals surface area contributed by atoms with Gasteiger partial charge in [0.25, 0.3) is 5.56 Å². The Morgan fingerprint density at radius 2 is 2.12 bits per heavy atom. The van der Waals surface area contributed by atoms with Crippen molar-refractivity contribution in [1.29, 1.82) is 0 Å². The van der Waals surface area contributed by atoms with Crippen LogP contribution in [0.4, 0.5) is 10.1 Å². The van der Waals surface area contributed by atoms with E-state index in [1.807, 2.05) is 0 Å². The van der Waals surface area contributed by atoms with E-state index in [4.69, 9.17) is 0 Å². The molecule has 0 atom stereocenters. The minimum absolute atomic E-state index is 0.0274. The molecule has 2 aromatic heterocycles. The minimum Gasteiger partial charge on any atom is -0.322 e. The lowest BCUT2D eigenvalue weighted by molar-refractivity contribution is -0.116. The Hall–Kier alpha value is -2.88. The van der Waals surface area contributed by atoms with Gasteiger partial charge in [0, 0.05) is 16.7 Å². The number of aromatic nitrogens is 5. The zero-order chi connectivity index (χ0) is 18.0. The quantitative estimate of drug-likeness (QED) is 0.710.